The number of nitrogens with one attached hydrogen (secondary N) is 2. The fraction of sp³-hybridized carbons (Fsp3) is 0.417. The van der Waals surface area contributed by atoms with E-state index in [9.17, 15) is 4.79 Å². The molecule has 1 amide bonds. The van der Waals surface area contributed by atoms with Crippen LogP contribution in [0.15, 0.2) is 24.3 Å². The molecule has 0 bridgehead atoms. The highest BCUT2D eigenvalue weighted by molar-refractivity contribution is 5.99. The number of amides is 1. The van der Waals surface area contributed by atoms with Gasteiger partial charge in [-0.3, -0.25) is 4.79 Å². The van der Waals surface area contributed by atoms with Crippen LogP contribution in [0.25, 0.3) is 0 Å². The standard InChI is InChI=1S/C12H18N2O/c1-4-9(2)14-12(15)10-7-5-6-8-11(10)13-3/h5-9,13H,4H2,1-3H3,(H,14,15). The summed E-state index contributed by atoms with van der Waals surface area (Å²) in [4.78, 5) is 11.8. The molecule has 0 radical (unpaired) electrons. The number of carbonyl (C=O) groups is 1. The van der Waals surface area contributed by atoms with Crippen molar-refractivity contribution >= 4 is 11.6 Å². The average molecular weight is 206 g/mol. The lowest BCUT2D eigenvalue weighted by molar-refractivity contribution is 0.0940. The first-order valence-corrected chi connectivity index (χ1v) is 5.26. The van der Waals surface area contributed by atoms with E-state index in [1.165, 1.54) is 0 Å². The quantitative estimate of drug-likeness (QED) is 0.793. The van der Waals surface area contributed by atoms with Crippen molar-refractivity contribution < 1.29 is 4.79 Å². The Bertz CT molecular complexity index is 336. The van der Waals surface area contributed by atoms with E-state index in [0.29, 0.717) is 5.56 Å². The molecule has 0 aliphatic rings. The van der Waals surface area contributed by atoms with Crippen LogP contribution < -0.4 is 10.6 Å². The number of hydrogen-bond acceptors (Lipinski definition) is 2. The first kappa shape index (κ1) is 11.6. The van der Waals surface area contributed by atoms with Crippen LogP contribution >= 0.6 is 0 Å². The summed E-state index contributed by atoms with van der Waals surface area (Å²) < 4.78 is 0. The van der Waals surface area contributed by atoms with Gasteiger partial charge in [0.15, 0.2) is 0 Å². The molecule has 0 spiro atoms. The van der Waals surface area contributed by atoms with Gasteiger partial charge in [-0.1, -0.05) is 19.1 Å². The van der Waals surface area contributed by atoms with Crippen LogP contribution in [0.1, 0.15) is 30.6 Å². The molecule has 0 saturated heterocycles. The van der Waals surface area contributed by atoms with Crippen LogP contribution in [0.3, 0.4) is 0 Å². The Morgan fingerprint density at radius 3 is 2.67 bits per heavy atom. The minimum atomic E-state index is -0.0192. The van der Waals surface area contributed by atoms with Crippen molar-refractivity contribution in [3.63, 3.8) is 0 Å². The third-order valence-electron chi connectivity index (χ3n) is 2.43. The largest absolute Gasteiger partial charge is 0.387 e. The summed E-state index contributed by atoms with van der Waals surface area (Å²) in [7, 11) is 1.81. The highest BCUT2D eigenvalue weighted by Gasteiger charge is 2.11. The van der Waals surface area contributed by atoms with E-state index in [-0.39, 0.29) is 11.9 Å². The highest BCUT2D eigenvalue weighted by Crippen LogP contribution is 2.13. The maximum atomic E-state index is 11.8. The second-order valence-corrected chi connectivity index (χ2v) is 3.58. The van der Waals surface area contributed by atoms with Crippen molar-refractivity contribution in [3.05, 3.63) is 29.8 Å². The summed E-state index contributed by atoms with van der Waals surface area (Å²) in [5.74, 6) is -0.0192. The van der Waals surface area contributed by atoms with Gasteiger partial charge in [0.1, 0.15) is 0 Å². The van der Waals surface area contributed by atoms with Crippen LogP contribution in [-0.2, 0) is 0 Å². The predicted octanol–water partition coefficient (Wildman–Crippen LogP) is 2.26. The van der Waals surface area contributed by atoms with Gasteiger partial charge >= 0.3 is 0 Å². The molecule has 3 nitrogen and oxygen atoms in total. The van der Waals surface area contributed by atoms with Crippen LogP contribution in [0.4, 0.5) is 5.69 Å². The smallest absolute Gasteiger partial charge is 0.253 e. The Balaban J connectivity index is 2.81. The molecule has 0 aliphatic carbocycles. The normalized spacial score (nSPS) is 11.9. The SMILES string of the molecule is CCC(C)NC(=O)c1ccccc1NC. The van der Waals surface area contributed by atoms with Gasteiger partial charge in [-0.25, -0.2) is 0 Å². The van der Waals surface area contributed by atoms with E-state index in [0.717, 1.165) is 12.1 Å². The lowest BCUT2D eigenvalue weighted by atomic mass is 10.1. The van der Waals surface area contributed by atoms with Crippen molar-refractivity contribution in [2.45, 2.75) is 26.3 Å². The summed E-state index contributed by atoms with van der Waals surface area (Å²) >= 11 is 0. The van der Waals surface area contributed by atoms with Crippen molar-refractivity contribution in [3.8, 4) is 0 Å². The second kappa shape index (κ2) is 5.39. The molecule has 0 fully saturated rings. The molecule has 82 valence electrons. The molecule has 1 unspecified atom stereocenters. The van der Waals surface area contributed by atoms with Gasteiger partial charge in [0.05, 0.1) is 5.56 Å². The average Bonchev–Trinajstić information content (AvgIpc) is 2.28. The Morgan fingerprint density at radius 2 is 2.07 bits per heavy atom. The van der Waals surface area contributed by atoms with E-state index in [2.05, 4.69) is 17.6 Å². The summed E-state index contributed by atoms with van der Waals surface area (Å²) in [6, 6.07) is 7.70. The zero-order valence-corrected chi connectivity index (χ0v) is 9.50. The molecule has 2 N–H and O–H groups in total. The summed E-state index contributed by atoms with van der Waals surface area (Å²) in [6.07, 6.45) is 0.938. The van der Waals surface area contributed by atoms with E-state index in [1.807, 2.05) is 38.2 Å². The summed E-state index contributed by atoms with van der Waals surface area (Å²) in [6.45, 7) is 4.05. The van der Waals surface area contributed by atoms with Crippen LogP contribution in [0, 0.1) is 0 Å². The topological polar surface area (TPSA) is 41.1 Å². The number of benzene rings is 1. The molecule has 1 atom stereocenters. The van der Waals surface area contributed by atoms with Crippen LogP contribution in [0.5, 0.6) is 0 Å². The monoisotopic (exact) mass is 206 g/mol. The second-order valence-electron chi connectivity index (χ2n) is 3.58. The first-order valence-electron chi connectivity index (χ1n) is 5.26. The molecule has 1 aromatic carbocycles. The zero-order valence-electron chi connectivity index (χ0n) is 9.50. The molecule has 0 heterocycles. The highest BCUT2D eigenvalue weighted by atomic mass is 16.1. The van der Waals surface area contributed by atoms with Gasteiger partial charge in [-0.05, 0) is 25.5 Å². The molecule has 15 heavy (non-hydrogen) atoms. The Labute approximate surface area is 90.9 Å². The van der Waals surface area contributed by atoms with Gasteiger partial charge in [-0.15, -0.1) is 0 Å². The summed E-state index contributed by atoms with van der Waals surface area (Å²) in [5.41, 5.74) is 1.55. The zero-order chi connectivity index (χ0) is 11.3. The lowest BCUT2D eigenvalue weighted by Crippen LogP contribution is -2.32. The van der Waals surface area contributed by atoms with Crippen molar-refractivity contribution in [2.75, 3.05) is 12.4 Å². The number of carbonyl (C=O) groups excluding carboxylic acids is 1. The number of rotatable bonds is 4. The Morgan fingerprint density at radius 1 is 1.40 bits per heavy atom. The minimum absolute atomic E-state index is 0.0192. The fourth-order valence-electron chi connectivity index (χ4n) is 1.30. The summed E-state index contributed by atoms with van der Waals surface area (Å²) in [5, 5.41) is 5.95. The molecule has 3 heteroatoms. The molecular formula is C12H18N2O. The number of para-hydroxylation sites is 1. The van der Waals surface area contributed by atoms with Crippen LogP contribution in [0.2, 0.25) is 0 Å². The Kier molecular flexibility index (Phi) is 4.16. The van der Waals surface area contributed by atoms with Crippen molar-refractivity contribution in [1.82, 2.24) is 5.32 Å². The van der Waals surface area contributed by atoms with Gasteiger partial charge < -0.3 is 10.6 Å². The fourth-order valence-corrected chi connectivity index (χ4v) is 1.30. The van der Waals surface area contributed by atoms with Crippen molar-refractivity contribution in [1.29, 1.82) is 0 Å². The third-order valence-corrected chi connectivity index (χ3v) is 2.43. The number of anilines is 1. The molecule has 0 aromatic heterocycles. The maximum absolute atomic E-state index is 11.8. The molecular weight excluding hydrogens is 188 g/mol. The first-order chi connectivity index (χ1) is 7.19. The van der Waals surface area contributed by atoms with E-state index < -0.39 is 0 Å². The lowest BCUT2D eigenvalue weighted by Gasteiger charge is -2.13. The van der Waals surface area contributed by atoms with Gasteiger partial charge in [0.2, 0.25) is 0 Å². The Hall–Kier alpha value is -1.51. The molecule has 0 aliphatic heterocycles. The van der Waals surface area contributed by atoms with Crippen molar-refractivity contribution in [2.24, 2.45) is 0 Å². The predicted molar refractivity (Wildman–Crippen MR) is 63.2 cm³/mol. The van der Waals surface area contributed by atoms with Gasteiger partial charge in [0.25, 0.3) is 5.91 Å². The third kappa shape index (κ3) is 2.98. The maximum Gasteiger partial charge on any atom is 0.253 e. The molecule has 1 rings (SSSR count). The molecule has 1 aromatic rings. The molecule has 0 saturated carbocycles. The van der Waals surface area contributed by atoms with Gasteiger partial charge in [-0.2, -0.15) is 0 Å². The van der Waals surface area contributed by atoms with Crippen LogP contribution in [-0.4, -0.2) is 19.0 Å². The van der Waals surface area contributed by atoms with Gasteiger partial charge in [0, 0.05) is 18.8 Å². The van der Waals surface area contributed by atoms with E-state index in [4.69, 9.17) is 0 Å². The van der Waals surface area contributed by atoms with E-state index >= 15 is 0 Å². The number of hydrogen-bond donors (Lipinski definition) is 2. The minimum Gasteiger partial charge on any atom is -0.387 e. The van der Waals surface area contributed by atoms with E-state index in [1.54, 1.807) is 0 Å².